The topological polar surface area (TPSA) is 96.2 Å². The van der Waals surface area contributed by atoms with Crippen LogP contribution >= 0.6 is 0 Å². The predicted molar refractivity (Wildman–Crippen MR) is 79.3 cm³/mol. The van der Waals surface area contributed by atoms with Gasteiger partial charge in [0.1, 0.15) is 11.9 Å². The molecule has 2 rings (SSSR count). The van der Waals surface area contributed by atoms with E-state index in [9.17, 15) is 10.1 Å². The summed E-state index contributed by atoms with van der Waals surface area (Å²) in [5.41, 5.74) is 6.53. The lowest BCUT2D eigenvalue weighted by Gasteiger charge is -2.15. The molecule has 7 nitrogen and oxygen atoms in total. The molecule has 0 aliphatic heterocycles. The molecule has 0 aliphatic rings. The summed E-state index contributed by atoms with van der Waals surface area (Å²) in [4.78, 5) is 10.3. The van der Waals surface area contributed by atoms with Gasteiger partial charge in [0.2, 0.25) is 5.82 Å². The van der Waals surface area contributed by atoms with Gasteiger partial charge in [0, 0.05) is 0 Å². The highest BCUT2D eigenvalue weighted by Gasteiger charge is 2.21. The summed E-state index contributed by atoms with van der Waals surface area (Å²) in [6, 6.07) is 7.32. The number of benzene rings is 1. The molecule has 0 fully saturated rings. The van der Waals surface area contributed by atoms with E-state index in [1.54, 1.807) is 0 Å². The van der Waals surface area contributed by atoms with E-state index in [1.165, 1.54) is 10.9 Å². The molecule has 0 aliphatic carbocycles. The fraction of sp³-hybridized carbons (Fsp3) is 0.357. The first-order valence-corrected chi connectivity index (χ1v) is 6.64. The standard InChI is InChI=1S/C14H18N4O3/c1-9(2)21-12-6-4-11(5-7-12)10(3)17-14(15)13(8-16-17)18(19)20/h4-10H,15H2,1-3H3. The van der Waals surface area contributed by atoms with Gasteiger partial charge in [-0.25, -0.2) is 4.68 Å². The molecule has 0 spiro atoms. The van der Waals surface area contributed by atoms with E-state index in [-0.39, 0.29) is 23.7 Å². The maximum atomic E-state index is 10.8. The van der Waals surface area contributed by atoms with E-state index in [0.29, 0.717) is 0 Å². The largest absolute Gasteiger partial charge is 0.491 e. The molecule has 1 aromatic carbocycles. The average Bonchev–Trinajstić information content (AvgIpc) is 2.80. The van der Waals surface area contributed by atoms with Crippen LogP contribution in [-0.2, 0) is 0 Å². The van der Waals surface area contributed by atoms with E-state index in [0.717, 1.165) is 11.3 Å². The molecular formula is C14H18N4O3. The summed E-state index contributed by atoms with van der Waals surface area (Å²) in [6.07, 6.45) is 1.28. The van der Waals surface area contributed by atoms with Gasteiger partial charge in [-0.15, -0.1) is 0 Å². The molecule has 1 unspecified atom stereocenters. The molecule has 0 radical (unpaired) electrons. The molecule has 112 valence electrons. The summed E-state index contributed by atoms with van der Waals surface area (Å²) in [5.74, 6) is 0.829. The Bertz CT molecular complexity index is 634. The van der Waals surface area contributed by atoms with Crippen LogP contribution in [0.5, 0.6) is 5.75 Å². The highest BCUT2D eigenvalue weighted by atomic mass is 16.6. The Balaban J connectivity index is 2.24. The van der Waals surface area contributed by atoms with E-state index in [1.807, 2.05) is 45.0 Å². The van der Waals surface area contributed by atoms with Crippen LogP contribution in [0.3, 0.4) is 0 Å². The third-order valence-corrected chi connectivity index (χ3v) is 3.11. The molecular weight excluding hydrogens is 272 g/mol. The number of ether oxygens (including phenoxy) is 1. The Hall–Kier alpha value is -2.57. The molecule has 7 heteroatoms. The Morgan fingerprint density at radius 3 is 2.38 bits per heavy atom. The zero-order valence-corrected chi connectivity index (χ0v) is 12.2. The molecule has 1 aromatic heterocycles. The van der Waals surface area contributed by atoms with Crippen LogP contribution in [-0.4, -0.2) is 20.8 Å². The number of rotatable bonds is 5. The van der Waals surface area contributed by atoms with E-state index >= 15 is 0 Å². The number of nitrogens with zero attached hydrogens (tertiary/aromatic N) is 3. The van der Waals surface area contributed by atoms with Crippen molar-refractivity contribution in [1.82, 2.24) is 9.78 Å². The molecule has 21 heavy (non-hydrogen) atoms. The SMILES string of the molecule is CC(C)Oc1ccc(C(C)n2ncc([N+](=O)[O-])c2N)cc1. The average molecular weight is 290 g/mol. The fourth-order valence-electron chi connectivity index (χ4n) is 2.05. The molecule has 0 saturated carbocycles. The summed E-state index contributed by atoms with van der Waals surface area (Å²) >= 11 is 0. The van der Waals surface area contributed by atoms with Crippen LogP contribution in [0.2, 0.25) is 0 Å². The second-order valence-electron chi connectivity index (χ2n) is 5.03. The Kier molecular flexibility index (Phi) is 4.11. The number of hydrogen-bond donors (Lipinski definition) is 1. The third kappa shape index (κ3) is 3.13. The molecule has 2 aromatic rings. The second kappa shape index (κ2) is 5.82. The van der Waals surface area contributed by atoms with Crippen LogP contribution in [0.25, 0.3) is 0 Å². The van der Waals surface area contributed by atoms with Crippen molar-refractivity contribution in [3.63, 3.8) is 0 Å². The molecule has 2 N–H and O–H groups in total. The van der Waals surface area contributed by atoms with E-state index < -0.39 is 4.92 Å². The zero-order valence-electron chi connectivity index (χ0n) is 12.2. The molecule has 0 amide bonds. The first kappa shape index (κ1) is 14.8. The van der Waals surface area contributed by atoms with Gasteiger partial charge in [0.25, 0.3) is 0 Å². The number of anilines is 1. The smallest absolute Gasteiger partial charge is 0.330 e. The summed E-state index contributed by atoms with van der Waals surface area (Å²) in [5, 5.41) is 14.8. The molecule has 1 heterocycles. The van der Waals surface area contributed by atoms with Crippen LogP contribution in [0.1, 0.15) is 32.4 Å². The Labute approximate surface area is 122 Å². The van der Waals surface area contributed by atoms with Crippen LogP contribution < -0.4 is 10.5 Å². The van der Waals surface area contributed by atoms with Crippen molar-refractivity contribution in [2.75, 3.05) is 5.73 Å². The van der Waals surface area contributed by atoms with Gasteiger partial charge in [-0.3, -0.25) is 10.1 Å². The minimum Gasteiger partial charge on any atom is -0.491 e. The van der Waals surface area contributed by atoms with Crippen molar-refractivity contribution in [3.05, 3.63) is 46.1 Å². The second-order valence-corrected chi connectivity index (χ2v) is 5.03. The Morgan fingerprint density at radius 1 is 1.29 bits per heavy atom. The number of hydrogen-bond acceptors (Lipinski definition) is 5. The minimum atomic E-state index is -0.537. The van der Waals surface area contributed by atoms with Crippen molar-refractivity contribution >= 4 is 11.5 Å². The number of aromatic nitrogens is 2. The van der Waals surface area contributed by atoms with Crippen molar-refractivity contribution < 1.29 is 9.66 Å². The van der Waals surface area contributed by atoms with Gasteiger partial charge in [0.05, 0.1) is 17.1 Å². The lowest BCUT2D eigenvalue weighted by molar-refractivity contribution is -0.384. The third-order valence-electron chi connectivity index (χ3n) is 3.11. The highest BCUT2D eigenvalue weighted by molar-refractivity contribution is 5.52. The fourth-order valence-corrected chi connectivity index (χ4v) is 2.05. The first-order valence-electron chi connectivity index (χ1n) is 6.64. The molecule has 1 atom stereocenters. The lowest BCUT2D eigenvalue weighted by atomic mass is 10.1. The molecule has 0 bridgehead atoms. The minimum absolute atomic E-state index is 0.0509. The zero-order chi connectivity index (χ0) is 15.6. The van der Waals surface area contributed by atoms with E-state index in [2.05, 4.69) is 5.10 Å². The van der Waals surface area contributed by atoms with Crippen LogP contribution in [0, 0.1) is 10.1 Å². The van der Waals surface area contributed by atoms with Gasteiger partial charge in [-0.1, -0.05) is 12.1 Å². The van der Waals surface area contributed by atoms with E-state index in [4.69, 9.17) is 10.5 Å². The molecule has 0 saturated heterocycles. The van der Waals surface area contributed by atoms with Crippen molar-refractivity contribution in [3.8, 4) is 5.75 Å². The monoisotopic (exact) mass is 290 g/mol. The number of nitrogen functional groups attached to an aromatic ring is 1. The van der Waals surface area contributed by atoms with Crippen molar-refractivity contribution in [2.45, 2.75) is 32.9 Å². The van der Waals surface area contributed by atoms with Crippen molar-refractivity contribution in [2.24, 2.45) is 0 Å². The van der Waals surface area contributed by atoms with Crippen molar-refractivity contribution in [1.29, 1.82) is 0 Å². The van der Waals surface area contributed by atoms with Gasteiger partial charge < -0.3 is 10.5 Å². The van der Waals surface area contributed by atoms with Gasteiger partial charge in [-0.05, 0) is 38.5 Å². The summed E-state index contributed by atoms with van der Waals surface area (Å²) in [6.45, 7) is 5.80. The van der Waals surface area contributed by atoms with Gasteiger partial charge >= 0.3 is 5.69 Å². The lowest BCUT2D eigenvalue weighted by Crippen LogP contribution is -2.12. The summed E-state index contributed by atoms with van der Waals surface area (Å²) in [7, 11) is 0. The first-order chi connectivity index (χ1) is 9.90. The van der Waals surface area contributed by atoms with Crippen LogP contribution in [0.4, 0.5) is 11.5 Å². The summed E-state index contributed by atoms with van der Waals surface area (Å²) < 4.78 is 7.02. The van der Waals surface area contributed by atoms with Gasteiger partial charge in [0.15, 0.2) is 0 Å². The predicted octanol–water partition coefficient (Wildman–Crippen LogP) is 2.77. The Morgan fingerprint density at radius 2 is 1.90 bits per heavy atom. The van der Waals surface area contributed by atoms with Crippen LogP contribution in [0.15, 0.2) is 30.5 Å². The highest BCUT2D eigenvalue weighted by Crippen LogP contribution is 2.27. The number of nitrogens with two attached hydrogens (primary N) is 1. The quantitative estimate of drug-likeness (QED) is 0.674. The maximum absolute atomic E-state index is 10.8. The van der Waals surface area contributed by atoms with Gasteiger partial charge in [-0.2, -0.15) is 5.10 Å². The maximum Gasteiger partial charge on any atom is 0.330 e. The number of nitro groups is 1. The normalized spacial score (nSPS) is 12.4.